The maximum Gasteiger partial charge on any atom is 0.490 e. The lowest BCUT2D eigenvalue weighted by molar-refractivity contribution is -0.192. The monoisotopic (exact) mass is 267 g/mol. The number of halogens is 3. The van der Waals surface area contributed by atoms with Crippen LogP contribution in [0.1, 0.15) is 0 Å². The Bertz CT molecular complexity index is 162. The molecule has 0 atom stereocenters. The van der Waals surface area contributed by atoms with E-state index in [9.17, 15) is 13.2 Å². The summed E-state index contributed by atoms with van der Waals surface area (Å²) in [4.78, 5) is 8.90. The van der Waals surface area contributed by atoms with Crippen molar-refractivity contribution < 1.29 is 28.2 Å². The number of carbonyl (C=O) groups is 1. The summed E-state index contributed by atoms with van der Waals surface area (Å²) in [6, 6.07) is 0. The highest BCUT2D eigenvalue weighted by Gasteiger charge is 2.38. The van der Waals surface area contributed by atoms with Gasteiger partial charge in [-0.3, -0.25) is 0 Å². The fourth-order valence-electron chi connectivity index (χ4n) is 0.203. The Morgan fingerprint density at radius 3 is 1.93 bits per heavy atom. The number of hydrogen-bond acceptors (Lipinski definition) is 5. The molecule has 15 heavy (non-hydrogen) atoms. The van der Waals surface area contributed by atoms with Gasteiger partial charge in [0, 0.05) is 18.1 Å². The predicted molar refractivity (Wildman–Crippen MR) is 54.7 cm³/mol. The Morgan fingerprint density at radius 2 is 1.67 bits per heavy atom. The van der Waals surface area contributed by atoms with Crippen LogP contribution in [0.2, 0.25) is 0 Å². The van der Waals surface area contributed by atoms with Gasteiger partial charge in [-0.2, -0.15) is 13.2 Å². The van der Waals surface area contributed by atoms with Crippen LogP contribution >= 0.6 is 21.6 Å². The molecule has 4 nitrogen and oxygen atoms in total. The Morgan fingerprint density at radius 1 is 1.27 bits per heavy atom. The van der Waals surface area contributed by atoms with Crippen molar-refractivity contribution in [2.45, 2.75) is 6.18 Å². The first-order chi connectivity index (χ1) is 6.86. The van der Waals surface area contributed by atoms with Crippen molar-refractivity contribution in [2.24, 2.45) is 5.73 Å². The van der Waals surface area contributed by atoms with E-state index in [1.807, 2.05) is 0 Å². The fraction of sp³-hybridized carbons (Fsp3) is 0.833. The molecule has 0 saturated carbocycles. The van der Waals surface area contributed by atoms with Crippen LogP contribution in [0.15, 0.2) is 0 Å². The lowest BCUT2D eigenvalue weighted by atomic mass is 10.7. The predicted octanol–water partition coefficient (Wildman–Crippen LogP) is 0.952. The van der Waals surface area contributed by atoms with Gasteiger partial charge in [-0.05, 0) is 0 Å². The molecule has 0 aromatic rings. The van der Waals surface area contributed by atoms with Gasteiger partial charge >= 0.3 is 12.1 Å². The van der Waals surface area contributed by atoms with Crippen molar-refractivity contribution in [3.63, 3.8) is 0 Å². The van der Waals surface area contributed by atoms with Gasteiger partial charge in [0.2, 0.25) is 0 Å². The molecule has 0 rings (SSSR count). The summed E-state index contributed by atoms with van der Waals surface area (Å²) >= 11 is 0. The molecule has 0 spiro atoms. The summed E-state index contributed by atoms with van der Waals surface area (Å²) in [5.41, 5.74) is 5.21. The van der Waals surface area contributed by atoms with E-state index in [2.05, 4.69) is 0 Å². The molecule has 0 aliphatic rings. The second kappa shape index (κ2) is 10.4. The molecule has 0 aromatic heterocycles. The molecule has 0 aliphatic heterocycles. The van der Waals surface area contributed by atoms with Gasteiger partial charge in [0.05, 0.1) is 6.61 Å². The van der Waals surface area contributed by atoms with E-state index in [0.29, 0.717) is 0 Å². The fourth-order valence-corrected chi connectivity index (χ4v) is 1.83. The van der Waals surface area contributed by atoms with E-state index in [1.54, 1.807) is 21.6 Å². The topological polar surface area (TPSA) is 83.5 Å². The molecule has 0 saturated heterocycles. The van der Waals surface area contributed by atoms with Crippen LogP contribution in [0.5, 0.6) is 0 Å². The molecular weight excluding hydrogens is 255 g/mol. The molecule has 0 unspecified atom stereocenters. The van der Waals surface area contributed by atoms with Crippen LogP contribution in [-0.4, -0.2) is 47.0 Å². The van der Waals surface area contributed by atoms with Crippen molar-refractivity contribution in [3.05, 3.63) is 0 Å². The van der Waals surface area contributed by atoms with Crippen LogP contribution in [-0.2, 0) is 4.79 Å². The molecule has 0 aromatic carbocycles. The molecule has 0 aliphatic carbocycles. The van der Waals surface area contributed by atoms with Crippen molar-refractivity contribution in [2.75, 3.05) is 24.7 Å². The minimum Gasteiger partial charge on any atom is -0.475 e. The number of alkyl halides is 3. The molecule has 0 fully saturated rings. The molecule has 0 amide bonds. The summed E-state index contributed by atoms with van der Waals surface area (Å²) in [5.74, 6) is -0.970. The third-order valence-corrected chi connectivity index (χ3v) is 3.12. The standard InChI is InChI=1S/C4H11NOS2.C2HF3O2/c5-1-3-7-8-4-2-6;3-2(4,5)1(6)7/h6H,1-5H2;(H,6,7). The van der Waals surface area contributed by atoms with Crippen molar-refractivity contribution >= 4 is 27.6 Å². The first kappa shape index (κ1) is 17.3. The number of aliphatic hydroxyl groups is 1. The minimum atomic E-state index is -5.08. The summed E-state index contributed by atoms with van der Waals surface area (Å²) in [5, 5.41) is 15.4. The molecule has 9 heteroatoms. The van der Waals surface area contributed by atoms with Gasteiger partial charge in [-0.1, -0.05) is 21.6 Å². The van der Waals surface area contributed by atoms with Crippen molar-refractivity contribution in [1.29, 1.82) is 0 Å². The highest BCUT2D eigenvalue weighted by molar-refractivity contribution is 8.76. The zero-order valence-corrected chi connectivity index (χ0v) is 9.29. The van der Waals surface area contributed by atoms with Crippen LogP contribution in [0.4, 0.5) is 13.2 Å². The Hall–Kier alpha value is -0.120. The first-order valence-corrected chi connectivity index (χ1v) is 6.20. The number of hydrogen-bond donors (Lipinski definition) is 3. The zero-order chi connectivity index (χ0) is 12.3. The van der Waals surface area contributed by atoms with Gasteiger partial charge in [-0.15, -0.1) is 0 Å². The molecule has 4 N–H and O–H groups in total. The van der Waals surface area contributed by atoms with E-state index in [0.717, 1.165) is 18.1 Å². The van der Waals surface area contributed by atoms with Crippen molar-refractivity contribution in [3.8, 4) is 0 Å². The smallest absolute Gasteiger partial charge is 0.475 e. The molecule has 0 bridgehead atoms. The Labute approximate surface area is 92.8 Å². The second-order valence-electron chi connectivity index (χ2n) is 1.96. The lowest BCUT2D eigenvalue weighted by Gasteiger charge is -1.93. The number of rotatable bonds is 5. The molecule has 0 heterocycles. The number of aliphatic hydroxyl groups excluding tert-OH is 1. The van der Waals surface area contributed by atoms with Gasteiger partial charge in [0.25, 0.3) is 0 Å². The average molecular weight is 267 g/mol. The highest BCUT2D eigenvalue weighted by Crippen LogP contribution is 2.18. The van der Waals surface area contributed by atoms with E-state index in [1.165, 1.54) is 0 Å². The number of carboxylic acids is 1. The third kappa shape index (κ3) is 16.5. The van der Waals surface area contributed by atoms with E-state index in [4.69, 9.17) is 20.7 Å². The number of nitrogens with two attached hydrogens (primary N) is 1. The number of aliphatic carboxylic acids is 1. The highest BCUT2D eigenvalue weighted by atomic mass is 33.1. The van der Waals surface area contributed by atoms with E-state index >= 15 is 0 Å². The maximum atomic E-state index is 10.6. The summed E-state index contributed by atoms with van der Waals surface area (Å²) in [6.45, 7) is 0.991. The zero-order valence-electron chi connectivity index (χ0n) is 7.66. The number of carboxylic acid groups (broad SMARTS) is 1. The first-order valence-electron chi connectivity index (χ1n) is 3.71. The maximum absolute atomic E-state index is 10.6. The van der Waals surface area contributed by atoms with Crippen LogP contribution in [0.3, 0.4) is 0 Å². The molecule has 0 radical (unpaired) electrons. The Balaban J connectivity index is 0. The normalized spacial score (nSPS) is 10.5. The van der Waals surface area contributed by atoms with Gasteiger partial charge in [-0.25, -0.2) is 4.79 Å². The quantitative estimate of drug-likeness (QED) is 0.508. The van der Waals surface area contributed by atoms with E-state index in [-0.39, 0.29) is 6.61 Å². The molecule has 92 valence electrons. The van der Waals surface area contributed by atoms with Crippen LogP contribution in [0.25, 0.3) is 0 Å². The van der Waals surface area contributed by atoms with E-state index < -0.39 is 12.1 Å². The average Bonchev–Trinajstić information content (AvgIpc) is 2.12. The van der Waals surface area contributed by atoms with Gasteiger partial charge in [0.15, 0.2) is 0 Å². The van der Waals surface area contributed by atoms with Crippen LogP contribution < -0.4 is 5.73 Å². The summed E-state index contributed by atoms with van der Waals surface area (Å²) in [7, 11) is 3.37. The van der Waals surface area contributed by atoms with Gasteiger partial charge < -0.3 is 15.9 Å². The minimum absolute atomic E-state index is 0.266. The SMILES string of the molecule is NCCSSCCO.O=C(O)C(F)(F)F. The van der Waals surface area contributed by atoms with Gasteiger partial charge in [0.1, 0.15) is 0 Å². The largest absolute Gasteiger partial charge is 0.490 e. The molecular formula is C6H12F3NO3S2. The summed E-state index contributed by atoms with van der Waals surface area (Å²) < 4.78 is 31.7. The third-order valence-electron chi connectivity index (χ3n) is 0.702. The second-order valence-corrected chi connectivity index (χ2v) is 4.66. The summed E-state index contributed by atoms with van der Waals surface area (Å²) in [6.07, 6.45) is -5.08. The Kier molecular flexibility index (Phi) is 12.0. The van der Waals surface area contributed by atoms with Crippen LogP contribution in [0, 0.1) is 0 Å². The van der Waals surface area contributed by atoms with Crippen molar-refractivity contribution in [1.82, 2.24) is 0 Å². The lowest BCUT2D eigenvalue weighted by Crippen LogP contribution is -2.21.